The number of hydrogen-bond acceptors (Lipinski definition) is 5. The molecule has 0 spiro atoms. The molecule has 1 aromatic heterocycles. The van der Waals surface area contributed by atoms with Crippen LogP contribution in [0.3, 0.4) is 0 Å². The van der Waals surface area contributed by atoms with E-state index in [-0.39, 0.29) is 18.0 Å². The molecular formula is C18H26N4O3S. The van der Waals surface area contributed by atoms with E-state index in [1.54, 1.807) is 11.1 Å². The quantitative estimate of drug-likeness (QED) is 0.642. The minimum absolute atomic E-state index is 0.0149. The van der Waals surface area contributed by atoms with Gasteiger partial charge in [-0.3, -0.25) is 9.69 Å². The van der Waals surface area contributed by atoms with Crippen LogP contribution in [0.15, 0.2) is 11.4 Å². The molecule has 0 aromatic carbocycles. The topological polar surface area (TPSA) is 86.6 Å². The van der Waals surface area contributed by atoms with Crippen molar-refractivity contribution in [2.45, 2.75) is 75.7 Å². The van der Waals surface area contributed by atoms with E-state index in [9.17, 15) is 14.7 Å². The molecule has 0 radical (unpaired) electrons. The summed E-state index contributed by atoms with van der Waals surface area (Å²) in [6.07, 6.45) is 4.00. The minimum Gasteiger partial charge on any atom is -0.465 e. The molecule has 8 heteroatoms. The third-order valence-electron chi connectivity index (χ3n) is 5.33. The van der Waals surface area contributed by atoms with Crippen LogP contribution in [0.5, 0.6) is 0 Å². The first-order chi connectivity index (χ1) is 12.0. The Bertz CT molecular complexity index is 753. The highest BCUT2D eigenvalue weighted by atomic mass is 32.2. The summed E-state index contributed by atoms with van der Waals surface area (Å²) < 4.78 is 0. The van der Waals surface area contributed by atoms with Gasteiger partial charge in [-0.25, -0.2) is 14.8 Å². The lowest BCUT2D eigenvalue weighted by molar-refractivity contribution is -0.123. The summed E-state index contributed by atoms with van der Waals surface area (Å²) in [4.78, 5) is 36.9. The fourth-order valence-electron chi connectivity index (χ4n) is 3.90. The van der Waals surface area contributed by atoms with Crippen molar-refractivity contribution in [3.8, 4) is 0 Å². The standard InChI is InChI=1S/C18H26N4O3S/c1-17(2,3)22(16(24)25)11-7-10(8-11)21-13-12(18(4,5)14(21)23)9-19-15(20-13)26-6/h9-11H,7-8H2,1-6H3,(H,24,25)/t10-,11-. The molecule has 1 aliphatic carbocycles. The second-order valence-corrected chi connectivity index (χ2v) is 9.27. The summed E-state index contributed by atoms with van der Waals surface area (Å²) in [5.41, 5.74) is -0.287. The van der Waals surface area contributed by atoms with Crippen LogP contribution in [0.1, 0.15) is 53.0 Å². The highest BCUT2D eigenvalue weighted by molar-refractivity contribution is 7.98. The number of aromatic nitrogens is 2. The number of amides is 2. The van der Waals surface area contributed by atoms with Crippen LogP contribution in [0.25, 0.3) is 0 Å². The van der Waals surface area contributed by atoms with E-state index in [2.05, 4.69) is 9.97 Å². The lowest BCUT2D eigenvalue weighted by Crippen LogP contribution is -2.61. The van der Waals surface area contributed by atoms with Gasteiger partial charge in [0.2, 0.25) is 5.91 Å². The molecule has 1 fully saturated rings. The van der Waals surface area contributed by atoms with E-state index in [0.29, 0.717) is 23.8 Å². The Kier molecular flexibility index (Phi) is 4.45. The van der Waals surface area contributed by atoms with Crippen molar-refractivity contribution in [2.75, 3.05) is 11.2 Å². The van der Waals surface area contributed by atoms with Crippen molar-refractivity contribution in [1.29, 1.82) is 0 Å². The van der Waals surface area contributed by atoms with Crippen molar-refractivity contribution < 1.29 is 14.7 Å². The number of carbonyl (C=O) groups excluding carboxylic acids is 1. The summed E-state index contributed by atoms with van der Waals surface area (Å²) in [6.45, 7) is 9.47. The third kappa shape index (κ3) is 2.84. The van der Waals surface area contributed by atoms with Gasteiger partial charge >= 0.3 is 6.09 Å². The molecule has 0 bridgehead atoms. The van der Waals surface area contributed by atoms with Gasteiger partial charge in [-0.15, -0.1) is 0 Å². The van der Waals surface area contributed by atoms with Crippen LogP contribution in [-0.2, 0) is 10.2 Å². The fourth-order valence-corrected chi connectivity index (χ4v) is 4.24. The van der Waals surface area contributed by atoms with Gasteiger partial charge in [0.25, 0.3) is 0 Å². The highest BCUT2D eigenvalue weighted by Crippen LogP contribution is 2.45. The predicted molar refractivity (Wildman–Crippen MR) is 101 cm³/mol. The maximum absolute atomic E-state index is 13.0. The van der Waals surface area contributed by atoms with Crippen molar-refractivity contribution in [2.24, 2.45) is 0 Å². The van der Waals surface area contributed by atoms with Crippen LogP contribution >= 0.6 is 11.8 Å². The lowest BCUT2D eigenvalue weighted by Gasteiger charge is -2.49. The average Bonchev–Trinajstić information content (AvgIpc) is 2.68. The zero-order chi connectivity index (χ0) is 19.4. The number of carboxylic acid groups (broad SMARTS) is 1. The summed E-state index contributed by atoms with van der Waals surface area (Å²) in [7, 11) is 0. The van der Waals surface area contributed by atoms with Crippen molar-refractivity contribution in [3.05, 3.63) is 11.8 Å². The molecule has 1 aromatic rings. The maximum atomic E-state index is 13.0. The first-order valence-corrected chi connectivity index (χ1v) is 9.98. The molecule has 26 heavy (non-hydrogen) atoms. The predicted octanol–water partition coefficient (Wildman–Crippen LogP) is 3.13. The Morgan fingerprint density at radius 1 is 1.38 bits per heavy atom. The third-order valence-corrected chi connectivity index (χ3v) is 5.89. The molecule has 3 rings (SSSR count). The second-order valence-electron chi connectivity index (χ2n) is 8.50. The van der Waals surface area contributed by atoms with E-state index >= 15 is 0 Å². The number of fused-ring (bicyclic) bond motifs is 1. The molecule has 0 atom stereocenters. The molecule has 0 saturated heterocycles. The number of nitrogens with zero attached hydrogens (tertiary/aromatic N) is 4. The van der Waals surface area contributed by atoms with Crippen LogP contribution in [0.2, 0.25) is 0 Å². The Morgan fingerprint density at radius 2 is 2.00 bits per heavy atom. The summed E-state index contributed by atoms with van der Waals surface area (Å²) >= 11 is 1.44. The SMILES string of the molecule is CSc1ncc2c(n1)N([C@H]1C[C@H](N(C(=O)O)C(C)(C)C)C1)C(=O)C2(C)C. The van der Waals surface area contributed by atoms with E-state index in [4.69, 9.17) is 0 Å². The second kappa shape index (κ2) is 6.11. The lowest BCUT2D eigenvalue weighted by atomic mass is 9.81. The number of thioether (sulfide) groups is 1. The van der Waals surface area contributed by atoms with E-state index < -0.39 is 17.0 Å². The van der Waals surface area contributed by atoms with Crippen molar-refractivity contribution >= 4 is 29.6 Å². The molecule has 7 nitrogen and oxygen atoms in total. The van der Waals surface area contributed by atoms with E-state index in [0.717, 1.165) is 5.56 Å². The Balaban J connectivity index is 1.86. The van der Waals surface area contributed by atoms with Crippen LogP contribution in [0, 0.1) is 0 Å². The summed E-state index contributed by atoms with van der Waals surface area (Å²) in [5, 5.41) is 10.2. The van der Waals surface area contributed by atoms with Crippen molar-refractivity contribution in [1.82, 2.24) is 14.9 Å². The fraction of sp³-hybridized carbons (Fsp3) is 0.667. The van der Waals surface area contributed by atoms with Crippen LogP contribution < -0.4 is 4.90 Å². The van der Waals surface area contributed by atoms with Gasteiger partial charge in [0.1, 0.15) is 5.82 Å². The van der Waals surface area contributed by atoms with Gasteiger partial charge in [0.05, 0.1) is 5.41 Å². The molecule has 2 aliphatic rings. The molecule has 0 unspecified atom stereocenters. The zero-order valence-corrected chi connectivity index (χ0v) is 16.9. The smallest absolute Gasteiger partial charge is 0.407 e. The molecule has 1 aliphatic heterocycles. The summed E-state index contributed by atoms with van der Waals surface area (Å²) in [6, 6.07) is -0.110. The maximum Gasteiger partial charge on any atom is 0.407 e. The minimum atomic E-state index is -0.915. The van der Waals surface area contributed by atoms with E-state index in [1.165, 1.54) is 16.7 Å². The monoisotopic (exact) mass is 378 g/mol. The van der Waals surface area contributed by atoms with Gasteiger partial charge in [-0.05, 0) is 53.7 Å². The van der Waals surface area contributed by atoms with Crippen LogP contribution in [0.4, 0.5) is 10.6 Å². The van der Waals surface area contributed by atoms with Crippen LogP contribution in [-0.4, -0.2) is 55.9 Å². The Hall–Kier alpha value is -1.83. The molecule has 1 saturated carbocycles. The molecule has 2 amide bonds. The molecule has 2 heterocycles. The average molecular weight is 378 g/mol. The van der Waals surface area contributed by atoms with Gasteiger partial charge in [0, 0.05) is 29.4 Å². The Morgan fingerprint density at radius 3 is 2.50 bits per heavy atom. The number of carbonyl (C=O) groups is 2. The van der Waals surface area contributed by atoms with E-state index in [1.807, 2.05) is 40.9 Å². The normalized spacial score (nSPS) is 24.2. The first kappa shape index (κ1) is 18.9. The zero-order valence-electron chi connectivity index (χ0n) is 16.1. The Labute approximate surface area is 158 Å². The number of rotatable bonds is 3. The first-order valence-electron chi connectivity index (χ1n) is 8.76. The molecule has 142 valence electrons. The number of anilines is 1. The van der Waals surface area contributed by atoms with Crippen molar-refractivity contribution in [3.63, 3.8) is 0 Å². The molecular weight excluding hydrogens is 352 g/mol. The van der Waals surface area contributed by atoms with Gasteiger partial charge in [-0.2, -0.15) is 0 Å². The number of hydrogen-bond donors (Lipinski definition) is 1. The summed E-state index contributed by atoms with van der Waals surface area (Å²) in [5.74, 6) is 0.696. The molecule has 1 N–H and O–H groups in total. The highest BCUT2D eigenvalue weighted by Gasteiger charge is 2.52. The largest absolute Gasteiger partial charge is 0.465 e. The van der Waals surface area contributed by atoms with Gasteiger partial charge in [-0.1, -0.05) is 11.8 Å². The van der Waals surface area contributed by atoms with Gasteiger partial charge < -0.3 is 10.0 Å². The van der Waals surface area contributed by atoms with Gasteiger partial charge in [0.15, 0.2) is 5.16 Å².